The van der Waals surface area contributed by atoms with Crippen molar-refractivity contribution >= 4 is 39.0 Å². The van der Waals surface area contributed by atoms with Crippen molar-refractivity contribution in [2.24, 2.45) is 5.92 Å². The lowest BCUT2D eigenvalue weighted by Crippen LogP contribution is -2.19. The van der Waals surface area contributed by atoms with Crippen molar-refractivity contribution in [2.45, 2.75) is 36.6 Å². The van der Waals surface area contributed by atoms with E-state index in [9.17, 15) is 0 Å². The highest BCUT2D eigenvalue weighted by atomic mass is 79.9. The van der Waals surface area contributed by atoms with Crippen LogP contribution in [0.4, 0.5) is 0 Å². The molecule has 0 saturated heterocycles. The lowest BCUT2D eigenvalue weighted by Gasteiger charge is -2.11. The lowest BCUT2D eigenvalue weighted by molar-refractivity contribution is 0.550. The molecule has 0 fully saturated rings. The summed E-state index contributed by atoms with van der Waals surface area (Å²) in [4.78, 5) is 5.80. The Hall–Kier alpha value is -0.360. The van der Waals surface area contributed by atoms with E-state index in [-0.39, 0.29) is 0 Å². The standard InChI is InChI=1S/C15H19BrN2S2/c1-10(2)7-17-8-12-4-5-13(16)6-14(12)20-15-18-11(3)9-19-15/h4-6,9-10,17H,7-8H2,1-3H3. The molecule has 0 spiro atoms. The number of nitrogens with one attached hydrogen (secondary N) is 1. The topological polar surface area (TPSA) is 24.9 Å². The fraction of sp³-hybridized carbons (Fsp3) is 0.400. The van der Waals surface area contributed by atoms with Gasteiger partial charge in [0.25, 0.3) is 0 Å². The summed E-state index contributed by atoms with van der Waals surface area (Å²) >= 11 is 7.00. The van der Waals surface area contributed by atoms with Gasteiger partial charge in [-0.3, -0.25) is 0 Å². The van der Waals surface area contributed by atoms with Crippen LogP contribution < -0.4 is 5.32 Å². The van der Waals surface area contributed by atoms with E-state index in [1.807, 2.05) is 6.92 Å². The average molecular weight is 371 g/mol. The molecule has 0 atom stereocenters. The summed E-state index contributed by atoms with van der Waals surface area (Å²) in [6.07, 6.45) is 0. The lowest BCUT2D eigenvalue weighted by atomic mass is 10.2. The normalized spacial score (nSPS) is 11.2. The Kier molecular flexibility index (Phi) is 6.08. The Bertz CT molecular complexity index is 567. The van der Waals surface area contributed by atoms with Gasteiger partial charge in [0.15, 0.2) is 4.34 Å². The molecule has 0 amide bonds. The van der Waals surface area contributed by atoms with Gasteiger partial charge in [-0.25, -0.2) is 4.98 Å². The first-order valence-corrected chi connectivity index (χ1v) is 9.12. The Balaban J connectivity index is 2.11. The van der Waals surface area contributed by atoms with E-state index in [0.29, 0.717) is 5.92 Å². The Morgan fingerprint density at radius 3 is 2.85 bits per heavy atom. The summed E-state index contributed by atoms with van der Waals surface area (Å²) < 4.78 is 2.21. The molecule has 2 nitrogen and oxygen atoms in total. The molecule has 2 aromatic rings. The van der Waals surface area contributed by atoms with Gasteiger partial charge in [-0.15, -0.1) is 11.3 Å². The van der Waals surface area contributed by atoms with Gasteiger partial charge in [-0.05, 0) is 37.1 Å². The van der Waals surface area contributed by atoms with Crippen molar-refractivity contribution in [2.75, 3.05) is 6.54 Å². The summed E-state index contributed by atoms with van der Waals surface area (Å²) in [7, 11) is 0. The van der Waals surface area contributed by atoms with Gasteiger partial charge in [0, 0.05) is 27.0 Å². The van der Waals surface area contributed by atoms with E-state index in [4.69, 9.17) is 0 Å². The first-order chi connectivity index (χ1) is 9.54. The molecule has 0 unspecified atom stereocenters. The first-order valence-electron chi connectivity index (χ1n) is 6.63. The summed E-state index contributed by atoms with van der Waals surface area (Å²) in [5, 5.41) is 5.60. The highest BCUT2D eigenvalue weighted by molar-refractivity contribution is 9.10. The quantitative estimate of drug-likeness (QED) is 0.764. The van der Waals surface area contributed by atoms with E-state index >= 15 is 0 Å². The summed E-state index contributed by atoms with van der Waals surface area (Å²) in [5.41, 5.74) is 2.42. The van der Waals surface area contributed by atoms with Gasteiger partial charge in [0.2, 0.25) is 0 Å². The van der Waals surface area contributed by atoms with Crippen molar-refractivity contribution in [3.8, 4) is 0 Å². The first kappa shape index (κ1) is 16.0. The molecule has 108 valence electrons. The van der Waals surface area contributed by atoms with Crippen molar-refractivity contribution in [3.63, 3.8) is 0 Å². The molecular formula is C15H19BrN2S2. The van der Waals surface area contributed by atoms with E-state index in [2.05, 4.69) is 63.7 Å². The smallest absolute Gasteiger partial charge is 0.154 e. The van der Waals surface area contributed by atoms with Gasteiger partial charge < -0.3 is 5.32 Å². The Labute approximate surface area is 137 Å². The number of halogens is 1. The number of aryl methyl sites for hydroxylation is 1. The maximum Gasteiger partial charge on any atom is 0.154 e. The Morgan fingerprint density at radius 1 is 1.40 bits per heavy atom. The van der Waals surface area contributed by atoms with Gasteiger partial charge >= 0.3 is 0 Å². The van der Waals surface area contributed by atoms with Crippen molar-refractivity contribution in [3.05, 3.63) is 39.3 Å². The van der Waals surface area contributed by atoms with Gasteiger partial charge in [-0.1, -0.05) is 47.6 Å². The molecular weight excluding hydrogens is 352 g/mol. The number of hydrogen-bond donors (Lipinski definition) is 1. The highest BCUT2D eigenvalue weighted by Crippen LogP contribution is 2.34. The zero-order chi connectivity index (χ0) is 14.5. The number of hydrogen-bond acceptors (Lipinski definition) is 4. The number of rotatable bonds is 6. The fourth-order valence-electron chi connectivity index (χ4n) is 1.74. The van der Waals surface area contributed by atoms with Gasteiger partial charge in [0.1, 0.15) is 0 Å². The monoisotopic (exact) mass is 370 g/mol. The summed E-state index contributed by atoms with van der Waals surface area (Å²) in [6.45, 7) is 8.42. The van der Waals surface area contributed by atoms with Crippen LogP contribution in [0.3, 0.4) is 0 Å². The van der Waals surface area contributed by atoms with E-state index in [0.717, 1.165) is 27.6 Å². The van der Waals surface area contributed by atoms with Crippen LogP contribution in [0.5, 0.6) is 0 Å². The maximum atomic E-state index is 4.53. The molecule has 5 heteroatoms. The van der Waals surface area contributed by atoms with Gasteiger partial charge in [0.05, 0.1) is 0 Å². The van der Waals surface area contributed by atoms with E-state index < -0.39 is 0 Å². The molecule has 1 aromatic carbocycles. The predicted molar refractivity (Wildman–Crippen MR) is 91.7 cm³/mol. The zero-order valence-corrected chi connectivity index (χ0v) is 15.2. The molecule has 0 aliphatic carbocycles. The maximum absolute atomic E-state index is 4.53. The second-order valence-electron chi connectivity index (χ2n) is 5.13. The van der Waals surface area contributed by atoms with Crippen LogP contribution >= 0.6 is 39.0 Å². The number of aromatic nitrogens is 1. The minimum absolute atomic E-state index is 0.670. The van der Waals surface area contributed by atoms with Crippen molar-refractivity contribution in [1.29, 1.82) is 0 Å². The minimum atomic E-state index is 0.670. The molecule has 0 bridgehead atoms. The van der Waals surface area contributed by atoms with E-state index in [1.165, 1.54) is 10.5 Å². The highest BCUT2D eigenvalue weighted by Gasteiger charge is 2.08. The van der Waals surface area contributed by atoms with Crippen LogP contribution in [0.1, 0.15) is 25.1 Å². The molecule has 20 heavy (non-hydrogen) atoms. The molecule has 0 aliphatic rings. The van der Waals surface area contributed by atoms with Gasteiger partial charge in [-0.2, -0.15) is 0 Å². The Morgan fingerprint density at radius 2 is 2.20 bits per heavy atom. The van der Waals surface area contributed by atoms with Crippen LogP contribution in [0.25, 0.3) is 0 Å². The molecule has 1 N–H and O–H groups in total. The zero-order valence-electron chi connectivity index (χ0n) is 11.9. The summed E-state index contributed by atoms with van der Waals surface area (Å²) in [5.74, 6) is 0.670. The van der Waals surface area contributed by atoms with Crippen LogP contribution in [0.2, 0.25) is 0 Å². The molecule has 0 aliphatic heterocycles. The fourth-order valence-corrected chi connectivity index (χ4v) is 4.21. The summed E-state index contributed by atoms with van der Waals surface area (Å²) in [6, 6.07) is 6.46. The SMILES string of the molecule is Cc1csc(Sc2cc(Br)ccc2CNCC(C)C)n1. The van der Waals surface area contributed by atoms with Crippen LogP contribution in [-0.4, -0.2) is 11.5 Å². The van der Waals surface area contributed by atoms with Crippen molar-refractivity contribution < 1.29 is 0 Å². The molecule has 0 radical (unpaired) electrons. The van der Waals surface area contributed by atoms with Crippen LogP contribution in [0.15, 0.2) is 37.3 Å². The third-order valence-electron chi connectivity index (χ3n) is 2.69. The number of benzene rings is 1. The predicted octanol–water partition coefficient (Wildman–Crippen LogP) is 5.11. The third kappa shape index (κ3) is 4.88. The molecule has 1 heterocycles. The van der Waals surface area contributed by atoms with Crippen molar-refractivity contribution in [1.82, 2.24) is 10.3 Å². The second kappa shape index (κ2) is 7.59. The number of thiazole rings is 1. The molecule has 0 saturated carbocycles. The van der Waals surface area contributed by atoms with Crippen LogP contribution in [-0.2, 0) is 6.54 Å². The minimum Gasteiger partial charge on any atom is -0.312 e. The number of nitrogens with zero attached hydrogens (tertiary/aromatic N) is 1. The molecule has 1 aromatic heterocycles. The average Bonchev–Trinajstić information content (AvgIpc) is 2.77. The van der Waals surface area contributed by atoms with E-state index in [1.54, 1.807) is 23.1 Å². The molecule has 2 rings (SSSR count). The third-order valence-corrected chi connectivity index (χ3v) is 5.34. The second-order valence-corrected chi connectivity index (χ2v) is 8.20. The van der Waals surface area contributed by atoms with Crippen LogP contribution in [0, 0.1) is 12.8 Å². The largest absolute Gasteiger partial charge is 0.312 e.